The lowest BCUT2D eigenvalue weighted by Gasteiger charge is -2.21. The summed E-state index contributed by atoms with van der Waals surface area (Å²) in [5.74, 6) is 0.151. The van der Waals surface area contributed by atoms with Crippen LogP contribution >= 0.6 is 0 Å². The summed E-state index contributed by atoms with van der Waals surface area (Å²) in [4.78, 5) is 11.5. The van der Waals surface area contributed by atoms with Crippen LogP contribution in [0, 0.1) is 5.92 Å². The summed E-state index contributed by atoms with van der Waals surface area (Å²) in [7, 11) is 0. The largest absolute Gasteiger partial charge is 0.462 e. The first kappa shape index (κ1) is 15.4. The molecular weight excluding hydrogens is 206 g/mol. The van der Waals surface area contributed by atoms with E-state index < -0.39 is 5.54 Å². The maximum absolute atomic E-state index is 11.5. The standard InChI is InChI=1S/C12H25NO3/c1-5-6-12(4,13)11(14)16-8-7-15-9-10(2)3/h10H,5-9,13H2,1-4H3. The van der Waals surface area contributed by atoms with Crippen LogP contribution in [0.2, 0.25) is 0 Å². The van der Waals surface area contributed by atoms with Gasteiger partial charge in [-0.15, -0.1) is 0 Å². The Balaban J connectivity index is 3.65. The van der Waals surface area contributed by atoms with Crippen molar-refractivity contribution in [3.63, 3.8) is 0 Å². The molecule has 0 aliphatic carbocycles. The van der Waals surface area contributed by atoms with Crippen LogP contribution in [-0.4, -0.2) is 31.3 Å². The highest BCUT2D eigenvalue weighted by Gasteiger charge is 2.28. The normalized spacial score (nSPS) is 14.9. The Morgan fingerprint density at radius 3 is 2.50 bits per heavy atom. The van der Waals surface area contributed by atoms with Gasteiger partial charge in [-0.1, -0.05) is 27.2 Å². The molecule has 2 N–H and O–H groups in total. The first-order chi connectivity index (χ1) is 7.40. The van der Waals surface area contributed by atoms with E-state index in [9.17, 15) is 4.79 Å². The molecule has 0 saturated carbocycles. The number of esters is 1. The second-order valence-electron chi connectivity index (χ2n) is 4.77. The lowest BCUT2D eigenvalue weighted by atomic mass is 9.98. The maximum Gasteiger partial charge on any atom is 0.325 e. The predicted octanol–water partition coefficient (Wildman–Crippen LogP) is 1.72. The van der Waals surface area contributed by atoms with Crippen LogP contribution in [0.4, 0.5) is 0 Å². The van der Waals surface area contributed by atoms with E-state index >= 15 is 0 Å². The van der Waals surface area contributed by atoms with Crippen LogP contribution < -0.4 is 5.73 Å². The van der Waals surface area contributed by atoms with Gasteiger partial charge in [0.05, 0.1) is 6.61 Å². The average Bonchev–Trinajstić information content (AvgIpc) is 2.16. The zero-order valence-electron chi connectivity index (χ0n) is 10.9. The summed E-state index contributed by atoms with van der Waals surface area (Å²) in [6.45, 7) is 9.24. The van der Waals surface area contributed by atoms with Crippen molar-refractivity contribution in [1.82, 2.24) is 0 Å². The molecule has 0 aromatic rings. The molecule has 0 aromatic heterocycles. The van der Waals surface area contributed by atoms with Gasteiger partial charge in [-0.05, 0) is 19.3 Å². The SMILES string of the molecule is CCCC(C)(N)C(=O)OCCOCC(C)C. The summed E-state index contributed by atoms with van der Waals surface area (Å²) in [6, 6.07) is 0. The number of hydrogen-bond acceptors (Lipinski definition) is 4. The number of rotatable bonds is 8. The van der Waals surface area contributed by atoms with Crippen LogP contribution in [-0.2, 0) is 14.3 Å². The van der Waals surface area contributed by atoms with Crippen molar-refractivity contribution in [2.75, 3.05) is 19.8 Å². The van der Waals surface area contributed by atoms with Crippen molar-refractivity contribution < 1.29 is 14.3 Å². The van der Waals surface area contributed by atoms with E-state index in [-0.39, 0.29) is 12.6 Å². The van der Waals surface area contributed by atoms with Gasteiger partial charge < -0.3 is 15.2 Å². The Kier molecular flexibility index (Phi) is 7.34. The maximum atomic E-state index is 11.5. The number of hydrogen-bond donors (Lipinski definition) is 1. The van der Waals surface area contributed by atoms with Crippen LogP contribution in [0.15, 0.2) is 0 Å². The Bertz CT molecular complexity index is 202. The predicted molar refractivity (Wildman–Crippen MR) is 64.1 cm³/mol. The van der Waals surface area contributed by atoms with Gasteiger partial charge in [-0.2, -0.15) is 0 Å². The summed E-state index contributed by atoms with van der Waals surface area (Å²) < 4.78 is 10.4. The van der Waals surface area contributed by atoms with Gasteiger partial charge in [0.25, 0.3) is 0 Å². The molecule has 4 nitrogen and oxygen atoms in total. The molecule has 4 heteroatoms. The van der Waals surface area contributed by atoms with E-state index in [4.69, 9.17) is 15.2 Å². The monoisotopic (exact) mass is 231 g/mol. The summed E-state index contributed by atoms with van der Waals surface area (Å²) in [6.07, 6.45) is 1.50. The van der Waals surface area contributed by atoms with E-state index in [0.717, 1.165) is 6.42 Å². The fourth-order valence-corrected chi connectivity index (χ4v) is 1.30. The second kappa shape index (κ2) is 7.63. The zero-order valence-corrected chi connectivity index (χ0v) is 10.9. The molecule has 0 saturated heterocycles. The van der Waals surface area contributed by atoms with Crippen molar-refractivity contribution in [2.45, 2.75) is 46.1 Å². The van der Waals surface area contributed by atoms with E-state index in [1.165, 1.54) is 0 Å². The van der Waals surface area contributed by atoms with Crippen LogP contribution in [0.25, 0.3) is 0 Å². The minimum Gasteiger partial charge on any atom is -0.462 e. The topological polar surface area (TPSA) is 61.6 Å². The molecule has 16 heavy (non-hydrogen) atoms. The number of ether oxygens (including phenoxy) is 2. The smallest absolute Gasteiger partial charge is 0.325 e. The second-order valence-corrected chi connectivity index (χ2v) is 4.77. The van der Waals surface area contributed by atoms with Crippen LogP contribution in [0.1, 0.15) is 40.5 Å². The Labute approximate surface area is 98.5 Å². The molecule has 0 spiro atoms. The van der Waals surface area contributed by atoms with Crippen LogP contribution in [0.3, 0.4) is 0 Å². The molecule has 0 amide bonds. The number of carbonyl (C=O) groups excluding carboxylic acids is 1. The van der Waals surface area contributed by atoms with Crippen LogP contribution in [0.5, 0.6) is 0 Å². The number of carbonyl (C=O) groups is 1. The lowest BCUT2D eigenvalue weighted by molar-refractivity contribution is -0.151. The minimum absolute atomic E-state index is 0.280. The third kappa shape index (κ3) is 6.80. The first-order valence-corrected chi connectivity index (χ1v) is 5.94. The molecule has 0 aliphatic heterocycles. The lowest BCUT2D eigenvalue weighted by Crippen LogP contribution is -2.46. The third-order valence-corrected chi connectivity index (χ3v) is 2.15. The van der Waals surface area contributed by atoms with E-state index in [1.807, 2.05) is 6.92 Å². The molecule has 0 aliphatic rings. The highest BCUT2D eigenvalue weighted by atomic mass is 16.6. The average molecular weight is 231 g/mol. The van der Waals surface area contributed by atoms with E-state index in [1.54, 1.807) is 6.92 Å². The fraction of sp³-hybridized carbons (Fsp3) is 0.917. The summed E-state index contributed by atoms with van der Waals surface area (Å²) >= 11 is 0. The van der Waals surface area contributed by atoms with Crippen molar-refractivity contribution in [1.29, 1.82) is 0 Å². The third-order valence-electron chi connectivity index (χ3n) is 2.15. The number of nitrogens with two attached hydrogens (primary N) is 1. The van der Waals surface area contributed by atoms with Gasteiger partial charge in [0, 0.05) is 6.61 Å². The van der Waals surface area contributed by atoms with Gasteiger partial charge in [0.1, 0.15) is 12.1 Å². The van der Waals surface area contributed by atoms with Gasteiger partial charge in [0.2, 0.25) is 0 Å². The van der Waals surface area contributed by atoms with Crippen molar-refractivity contribution in [3.8, 4) is 0 Å². The molecule has 96 valence electrons. The molecule has 1 atom stereocenters. The van der Waals surface area contributed by atoms with Gasteiger partial charge in [-0.25, -0.2) is 0 Å². The Morgan fingerprint density at radius 1 is 1.38 bits per heavy atom. The zero-order chi connectivity index (χ0) is 12.6. The highest BCUT2D eigenvalue weighted by molar-refractivity contribution is 5.79. The van der Waals surface area contributed by atoms with Gasteiger partial charge >= 0.3 is 5.97 Å². The summed E-state index contributed by atoms with van der Waals surface area (Å²) in [5, 5.41) is 0. The molecular formula is C12H25NO3. The van der Waals surface area contributed by atoms with E-state index in [0.29, 0.717) is 25.6 Å². The Morgan fingerprint density at radius 2 is 2.00 bits per heavy atom. The molecule has 0 heterocycles. The minimum atomic E-state index is -0.868. The molecule has 1 unspecified atom stereocenters. The van der Waals surface area contributed by atoms with Crippen molar-refractivity contribution >= 4 is 5.97 Å². The van der Waals surface area contributed by atoms with Gasteiger partial charge in [0.15, 0.2) is 0 Å². The quantitative estimate of drug-likeness (QED) is 0.510. The van der Waals surface area contributed by atoms with Gasteiger partial charge in [-0.3, -0.25) is 4.79 Å². The molecule has 0 radical (unpaired) electrons. The van der Waals surface area contributed by atoms with Crippen molar-refractivity contribution in [3.05, 3.63) is 0 Å². The molecule has 0 aromatic carbocycles. The molecule has 0 bridgehead atoms. The molecule has 0 fully saturated rings. The molecule has 0 rings (SSSR count). The summed E-state index contributed by atoms with van der Waals surface area (Å²) in [5.41, 5.74) is 4.95. The Hall–Kier alpha value is -0.610. The highest BCUT2D eigenvalue weighted by Crippen LogP contribution is 2.10. The fourth-order valence-electron chi connectivity index (χ4n) is 1.30. The van der Waals surface area contributed by atoms with E-state index in [2.05, 4.69) is 13.8 Å². The first-order valence-electron chi connectivity index (χ1n) is 5.94. The van der Waals surface area contributed by atoms with Crippen molar-refractivity contribution in [2.24, 2.45) is 11.7 Å².